The standard InChI is InChI=1S/C11H23N/c1-8(2)11(9(3)4)7-5-6-10(11)12/h8-10H,5-7,12H2,1-4H3/t10-/m0/s1. The average molecular weight is 169 g/mol. The zero-order valence-corrected chi connectivity index (χ0v) is 8.93. The van der Waals surface area contributed by atoms with Crippen molar-refractivity contribution in [2.24, 2.45) is 23.0 Å². The van der Waals surface area contributed by atoms with Gasteiger partial charge in [-0.2, -0.15) is 0 Å². The van der Waals surface area contributed by atoms with E-state index in [1.807, 2.05) is 0 Å². The van der Waals surface area contributed by atoms with Gasteiger partial charge < -0.3 is 5.73 Å². The van der Waals surface area contributed by atoms with Crippen LogP contribution in [-0.2, 0) is 0 Å². The minimum atomic E-state index is 0.431. The highest BCUT2D eigenvalue weighted by Crippen LogP contribution is 2.48. The SMILES string of the molecule is CC(C)C1(C(C)C)CCC[C@@H]1N. The van der Waals surface area contributed by atoms with Crippen LogP contribution in [0.4, 0.5) is 0 Å². The lowest BCUT2D eigenvalue weighted by molar-refractivity contribution is 0.0985. The molecule has 0 aromatic heterocycles. The van der Waals surface area contributed by atoms with Crippen LogP contribution in [0.25, 0.3) is 0 Å². The first-order valence-corrected chi connectivity index (χ1v) is 5.27. The largest absolute Gasteiger partial charge is 0.327 e. The van der Waals surface area contributed by atoms with Crippen LogP contribution < -0.4 is 5.73 Å². The lowest BCUT2D eigenvalue weighted by Crippen LogP contribution is -2.45. The molecule has 0 aromatic rings. The van der Waals surface area contributed by atoms with Gasteiger partial charge in [0.15, 0.2) is 0 Å². The smallest absolute Gasteiger partial charge is 0.0100 e. The van der Waals surface area contributed by atoms with E-state index in [4.69, 9.17) is 5.73 Å². The minimum absolute atomic E-state index is 0.431. The van der Waals surface area contributed by atoms with Gasteiger partial charge in [-0.1, -0.05) is 34.1 Å². The molecule has 0 aliphatic heterocycles. The van der Waals surface area contributed by atoms with E-state index in [9.17, 15) is 0 Å². The second kappa shape index (κ2) is 3.37. The summed E-state index contributed by atoms with van der Waals surface area (Å²) in [6, 6.07) is 0.442. The van der Waals surface area contributed by atoms with Gasteiger partial charge in [0, 0.05) is 6.04 Å². The first-order chi connectivity index (χ1) is 5.51. The van der Waals surface area contributed by atoms with E-state index in [1.54, 1.807) is 0 Å². The van der Waals surface area contributed by atoms with Gasteiger partial charge in [-0.05, 0) is 30.1 Å². The van der Waals surface area contributed by atoms with Gasteiger partial charge in [0.1, 0.15) is 0 Å². The molecule has 0 bridgehead atoms. The van der Waals surface area contributed by atoms with Crippen molar-refractivity contribution in [2.75, 3.05) is 0 Å². The van der Waals surface area contributed by atoms with Crippen molar-refractivity contribution in [1.82, 2.24) is 0 Å². The fourth-order valence-electron chi connectivity index (χ4n) is 3.18. The Hall–Kier alpha value is -0.0400. The molecule has 1 rings (SSSR count). The molecule has 0 radical (unpaired) electrons. The molecule has 12 heavy (non-hydrogen) atoms. The quantitative estimate of drug-likeness (QED) is 0.676. The van der Waals surface area contributed by atoms with Gasteiger partial charge in [-0.25, -0.2) is 0 Å². The Kier molecular flexibility index (Phi) is 2.82. The first-order valence-electron chi connectivity index (χ1n) is 5.27. The van der Waals surface area contributed by atoms with Crippen LogP contribution in [0.2, 0.25) is 0 Å². The van der Waals surface area contributed by atoms with Gasteiger partial charge in [0.05, 0.1) is 0 Å². The van der Waals surface area contributed by atoms with Crippen LogP contribution in [-0.4, -0.2) is 6.04 Å². The van der Waals surface area contributed by atoms with Crippen molar-refractivity contribution in [3.05, 3.63) is 0 Å². The van der Waals surface area contributed by atoms with Crippen molar-refractivity contribution in [2.45, 2.75) is 53.0 Å². The van der Waals surface area contributed by atoms with Crippen LogP contribution >= 0.6 is 0 Å². The molecule has 1 aliphatic carbocycles. The highest BCUT2D eigenvalue weighted by Gasteiger charge is 2.45. The molecule has 1 fully saturated rings. The Morgan fingerprint density at radius 3 is 1.83 bits per heavy atom. The predicted octanol–water partition coefficient (Wildman–Crippen LogP) is 2.80. The fourth-order valence-corrected chi connectivity index (χ4v) is 3.18. The van der Waals surface area contributed by atoms with Crippen LogP contribution in [0.5, 0.6) is 0 Å². The maximum atomic E-state index is 6.22. The highest BCUT2D eigenvalue weighted by atomic mass is 14.7. The summed E-state index contributed by atoms with van der Waals surface area (Å²) in [6.45, 7) is 9.30. The topological polar surface area (TPSA) is 26.0 Å². The summed E-state index contributed by atoms with van der Waals surface area (Å²) in [5.41, 5.74) is 6.65. The van der Waals surface area contributed by atoms with Crippen molar-refractivity contribution in [3.63, 3.8) is 0 Å². The second-order valence-corrected chi connectivity index (χ2v) is 4.92. The van der Waals surface area contributed by atoms with Crippen molar-refractivity contribution in [3.8, 4) is 0 Å². The molecule has 0 amide bonds. The lowest BCUT2D eigenvalue weighted by atomic mass is 9.65. The van der Waals surface area contributed by atoms with Crippen LogP contribution in [0.3, 0.4) is 0 Å². The molecule has 72 valence electrons. The lowest BCUT2D eigenvalue weighted by Gasteiger charge is -2.41. The third kappa shape index (κ3) is 1.28. The maximum absolute atomic E-state index is 6.22. The molecule has 0 spiro atoms. The Bertz CT molecular complexity index is 141. The molecule has 2 N–H and O–H groups in total. The van der Waals surface area contributed by atoms with E-state index in [1.165, 1.54) is 19.3 Å². The third-order valence-corrected chi connectivity index (χ3v) is 3.97. The van der Waals surface area contributed by atoms with Crippen molar-refractivity contribution in [1.29, 1.82) is 0 Å². The molecule has 1 heteroatoms. The van der Waals surface area contributed by atoms with E-state index in [0.717, 1.165) is 11.8 Å². The normalized spacial score (nSPS) is 28.8. The number of hydrogen-bond donors (Lipinski definition) is 1. The molecule has 0 unspecified atom stereocenters. The summed E-state index contributed by atoms with van der Waals surface area (Å²) >= 11 is 0. The van der Waals surface area contributed by atoms with Crippen molar-refractivity contribution < 1.29 is 0 Å². The van der Waals surface area contributed by atoms with Crippen LogP contribution in [0, 0.1) is 17.3 Å². The third-order valence-electron chi connectivity index (χ3n) is 3.97. The van der Waals surface area contributed by atoms with E-state index in [0.29, 0.717) is 11.5 Å². The Morgan fingerprint density at radius 1 is 1.17 bits per heavy atom. The molecule has 1 atom stereocenters. The zero-order valence-electron chi connectivity index (χ0n) is 8.93. The van der Waals surface area contributed by atoms with Gasteiger partial charge >= 0.3 is 0 Å². The fraction of sp³-hybridized carbons (Fsp3) is 1.00. The molecule has 0 saturated heterocycles. The molecular formula is C11H23N. The zero-order chi connectivity index (χ0) is 9.35. The summed E-state index contributed by atoms with van der Waals surface area (Å²) in [7, 11) is 0. The highest BCUT2D eigenvalue weighted by molar-refractivity contribution is 4.98. The van der Waals surface area contributed by atoms with Gasteiger partial charge in [0.2, 0.25) is 0 Å². The maximum Gasteiger partial charge on any atom is 0.0100 e. The molecule has 1 nitrogen and oxygen atoms in total. The predicted molar refractivity (Wildman–Crippen MR) is 53.9 cm³/mol. The second-order valence-electron chi connectivity index (χ2n) is 4.92. The summed E-state index contributed by atoms with van der Waals surface area (Å²) in [5.74, 6) is 1.46. The molecular weight excluding hydrogens is 146 g/mol. The first kappa shape index (κ1) is 10.0. The van der Waals surface area contributed by atoms with Gasteiger partial charge in [-0.15, -0.1) is 0 Å². The monoisotopic (exact) mass is 169 g/mol. The number of nitrogens with two attached hydrogens (primary N) is 1. The summed E-state index contributed by atoms with van der Waals surface area (Å²) < 4.78 is 0. The summed E-state index contributed by atoms with van der Waals surface area (Å²) in [4.78, 5) is 0. The number of hydrogen-bond acceptors (Lipinski definition) is 1. The van der Waals surface area contributed by atoms with Crippen molar-refractivity contribution >= 4 is 0 Å². The van der Waals surface area contributed by atoms with Crippen LogP contribution in [0.1, 0.15) is 47.0 Å². The van der Waals surface area contributed by atoms with Crippen LogP contribution in [0.15, 0.2) is 0 Å². The molecule has 0 heterocycles. The molecule has 0 aromatic carbocycles. The van der Waals surface area contributed by atoms with Gasteiger partial charge in [-0.3, -0.25) is 0 Å². The van der Waals surface area contributed by atoms with E-state index in [2.05, 4.69) is 27.7 Å². The molecule has 1 saturated carbocycles. The Morgan fingerprint density at radius 2 is 1.67 bits per heavy atom. The minimum Gasteiger partial charge on any atom is -0.327 e. The van der Waals surface area contributed by atoms with Gasteiger partial charge in [0.25, 0.3) is 0 Å². The summed E-state index contributed by atoms with van der Waals surface area (Å²) in [6.07, 6.45) is 3.90. The van der Waals surface area contributed by atoms with E-state index in [-0.39, 0.29) is 0 Å². The Labute approximate surface area is 76.7 Å². The Balaban J connectivity index is 2.85. The number of rotatable bonds is 2. The van der Waals surface area contributed by atoms with E-state index < -0.39 is 0 Å². The average Bonchev–Trinajstić information content (AvgIpc) is 2.31. The molecule has 1 aliphatic rings. The summed E-state index contributed by atoms with van der Waals surface area (Å²) in [5, 5.41) is 0. The van der Waals surface area contributed by atoms with E-state index >= 15 is 0 Å².